The van der Waals surface area contributed by atoms with Crippen LogP contribution in [0.3, 0.4) is 0 Å². The number of amides is 2. The third kappa shape index (κ3) is 5.81. The van der Waals surface area contributed by atoms with Crippen LogP contribution < -0.4 is 10.6 Å². The van der Waals surface area contributed by atoms with Crippen molar-refractivity contribution in [1.29, 1.82) is 0 Å². The number of aromatic nitrogens is 1. The van der Waals surface area contributed by atoms with Crippen LogP contribution >= 0.6 is 0 Å². The number of furan rings is 1. The minimum absolute atomic E-state index is 0.0699. The van der Waals surface area contributed by atoms with E-state index in [1.807, 2.05) is 98.0 Å². The molecule has 0 saturated carbocycles. The first-order valence-corrected chi connectivity index (χ1v) is 12.8. The number of alkyl carbamates (subject to hydrolysis) is 1. The Balaban J connectivity index is 1.40. The number of carbonyl (C=O) groups excluding carboxylic acids is 2. The molecule has 2 amide bonds. The van der Waals surface area contributed by atoms with Crippen molar-refractivity contribution in [1.82, 2.24) is 15.6 Å². The molecule has 0 aliphatic carbocycles. The van der Waals surface area contributed by atoms with Crippen molar-refractivity contribution in [3.8, 4) is 0 Å². The first-order valence-electron chi connectivity index (χ1n) is 12.8. The van der Waals surface area contributed by atoms with Crippen molar-refractivity contribution in [2.45, 2.75) is 31.5 Å². The largest absolute Gasteiger partial charge is 0.457 e. The molecule has 200 valence electrons. The predicted molar refractivity (Wildman–Crippen MR) is 149 cm³/mol. The number of ether oxygens (including phenoxy) is 2. The lowest BCUT2D eigenvalue weighted by atomic mass is 9.89. The molecule has 3 N–H and O–H groups in total. The van der Waals surface area contributed by atoms with E-state index in [0.717, 1.165) is 27.4 Å². The number of rotatable bonds is 10. The number of para-hydroxylation sites is 2. The molecule has 5 aromatic rings. The predicted octanol–water partition coefficient (Wildman–Crippen LogP) is 5.65. The molecule has 8 nitrogen and oxygen atoms in total. The summed E-state index contributed by atoms with van der Waals surface area (Å²) in [5, 5.41) is 7.78. The second-order valence-corrected chi connectivity index (χ2v) is 9.61. The zero-order valence-corrected chi connectivity index (χ0v) is 21.9. The summed E-state index contributed by atoms with van der Waals surface area (Å²) in [6.07, 6.45) is 1.28. The summed E-state index contributed by atoms with van der Waals surface area (Å²) >= 11 is 0. The lowest BCUT2D eigenvalue weighted by molar-refractivity contribution is -0.130. The molecule has 0 spiro atoms. The number of nitrogens with one attached hydrogen (secondary N) is 3. The minimum Gasteiger partial charge on any atom is -0.457 e. The highest BCUT2D eigenvalue weighted by Gasteiger charge is 2.42. The molecule has 0 saturated heterocycles. The van der Waals surface area contributed by atoms with Gasteiger partial charge >= 0.3 is 6.09 Å². The fourth-order valence-corrected chi connectivity index (χ4v) is 4.82. The van der Waals surface area contributed by atoms with E-state index in [-0.39, 0.29) is 31.6 Å². The topological polar surface area (TPSA) is 106 Å². The number of benzene rings is 3. The van der Waals surface area contributed by atoms with Crippen molar-refractivity contribution in [2.24, 2.45) is 0 Å². The molecule has 8 heteroatoms. The summed E-state index contributed by atoms with van der Waals surface area (Å²) in [6, 6.07) is 26.5. The van der Waals surface area contributed by atoms with Gasteiger partial charge in [0.25, 0.3) is 0 Å². The van der Waals surface area contributed by atoms with E-state index in [0.29, 0.717) is 11.3 Å². The zero-order chi connectivity index (χ0) is 27.2. The SMILES string of the molecule is COC[C@@](Cc1c[nH]c2ccccc12)(NC(=O)OCc1cc2ccccc2o1)C(=O)N[C@@H](C)c1ccccc1. The van der Waals surface area contributed by atoms with E-state index in [2.05, 4.69) is 15.6 Å². The van der Waals surface area contributed by atoms with E-state index in [1.165, 1.54) is 7.11 Å². The first kappa shape index (κ1) is 26.1. The Kier molecular flexibility index (Phi) is 7.65. The number of fused-ring (bicyclic) bond motifs is 2. The van der Waals surface area contributed by atoms with Gasteiger partial charge in [-0.1, -0.05) is 66.7 Å². The van der Waals surface area contributed by atoms with Gasteiger partial charge in [-0.2, -0.15) is 0 Å². The molecule has 0 fully saturated rings. The minimum atomic E-state index is -1.45. The van der Waals surface area contributed by atoms with E-state index in [1.54, 1.807) is 0 Å². The summed E-state index contributed by atoms with van der Waals surface area (Å²) in [6.45, 7) is 1.74. The van der Waals surface area contributed by atoms with E-state index in [4.69, 9.17) is 13.9 Å². The highest BCUT2D eigenvalue weighted by atomic mass is 16.6. The molecular formula is C31H31N3O5. The Bertz CT molecular complexity index is 1540. The van der Waals surface area contributed by atoms with Crippen molar-refractivity contribution < 1.29 is 23.5 Å². The van der Waals surface area contributed by atoms with Gasteiger partial charge in [-0.05, 0) is 36.2 Å². The van der Waals surface area contributed by atoms with Crippen LogP contribution in [-0.2, 0) is 27.3 Å². The Morgan fingerprint density at radius 3 is 2.54 bits per heavy atom. The summed E-state index contributed by atoms with van der Waals surface area (Å²) < 4.78 is 16.8. The third-order valence-corrected chi connectivity index (χ3v) is 6.80. The van der Waals surface area contributed by atoms with Crippen molar-refractivity contribution >= 4 is 33.9 Å². The molecule has 2 heterocycles. The molecular weight excluding hydrogens is 494 g/mol. The summed E-state index contributed by atoms with van der Waals surface area (Å²) in [4.78, 5) is 30.3. The number of hydrogen-bond donors (Lipinski definition) is 3. The molecule has 3 aromatic carbocycles. The monoisotopic (exact) mass is 525 g/mol. The number of aromatic amines is 1. The highest BCUT2D eigenvalue weighted by molar-refractivity contribution is 5.92. The Labute approximate surface area is 226 Å². The summed E-state index contributed by atoms with van der Waals surface area (Å²) in [7, 11) is 1.50. The molecule has 5 rings (SSSR count). The molecule has 0 aliphatic rings. The molecule has 2 aromatic heterocycles. The van der Waals surface area contributed by atoms with Crippen LogP contribution in [0.25, 0.3) is 21.9 Å². The number of hydrogen-bond acceptors (Lipinski definition) is 5. The Morgan fingerprint density at radius 1 is 1.00 bits per heavy atom. The smallest absolute Gasteiger partial charge is 0.408 e. The standard InChI is InChI=1S/C31H31N3O5/c1-21(22-10-4-3-5-11-22)33-29(35)31(20-37-2,17-24-18-32-27-14-8-7-13-26(24)27)34-30(36)38-19-25-16-23-12-6-9-15-28(23)39-25/h3-16,18,21,32H,17,19-20H2,1-2H3,(H,33,35)(H,34,36)/t21-,31+/m0/s1. The van der Waals surface area contributed by atoms with E-state index in [9.17, 15) is 9.59 Å². The molecule has 39 heavy (non-hydrogen) atoms. The van der Waals surface area contributed by atoms with Crippen LogP contribution in [0.1, 0.15) is 29.9 Å². The molecule has 2 atom stereocenters. The van der Waals surface area contributed by atoms with Gasteiger partial charge < -0.3 is 29.5 Å². The maximum atomic E-state index is 13.9. The van der Waals surface area contributed by atoms with Gasteiger partial charge in [-0.15, -0.1) is 0 Å². The number of methoxy groups -OCH3 is 1. The molecule has 0 bridgehead atoms. The fraction of sp³-hybridized carbons (Fsp3) is 0.226. The third-order valence-electron chi connectivity index (χ3n) is 6.80. The highest BCUT2D eigenvalue weighted by Crippen LogP contribution is 2.25. The molecule has 0 aliphatic heterocycles. The van der Waals surface area contributed by atoms with Gasteiger partial charge in [-0.3, -0.25) is 4.79 Å². The second kappa shape index (κ2) is 11.4. The van der Waals surface area contributed by atoms with Crippen LogP contribution in [-0.4, -0.2) is 36.2 Å². The molecule has 0 radical (unpaired) electrons. The van der Waals surface area contributed by atoms with Gasteiger partial charge in [0.1, 0.15) is 16.9 Å². The number of carbonyl (C=O) groups is 2. The summed E-state index contributed by atoms with van der Waals surface area (Å²) in [5.74, 6) is 0.120. The Morgan fingerprint density at radius 2 is 1.74 bits per heavy atom. The lowest BCUT2D eigenvalue weighted by Crippen LogP contribution is -2.63. The van der Waals surface area contributed by atoms with Crippen molar-refractivity contribution in [3.05, 3.63) is 108 Å². The lowest BCUT2D eigenvalue weighted by Gasteiger charge is -2.33. The van der Waals surface area contributed by atoms with Crippen LogP contribution in [0, 0.1) is 0 Å². The first-order chi connectivity index (χ1) is 19.0. The maximum Gasteiger partial charge on any atom is 0.408 e. The van der Waals surface area contributed by atoms with Crippen LogP contribution in [0.15, 0.2) is 95.5 Å². The van der Waals surface area contributed by atoms with Gasteiger partial charge in [-0.25, -0.2) is 4.79 Å². The second-order valence-electron chi connectivity index (χ2n) is 9.61. The average molecular weight is 526 g/mol. The average Bonchev–Trinajstić information content (AvgIpc) is 3.56. The summed E-state index contributed by atoms with van der Waals surface area (Å²) in [5.41, 5.74) is 2.00. The Hall–Kier alpha value is -4.56. The van der Waals surface area contributed by atoms with Crippen molar-refractivity contribution in [3.63, 3.8) is 0 Å². The fourth-order valence-electron chi connectivity index (χ4n) is 4.82. The number of H-pyrrole nitrogens is 1. The van der Waals surface area contributed by atoms with Crippen molar-refractivity contribution in [2.75, 3.05) is 13.7 Å². The van der Waals surface area contributed by atoms with Gasteiger partial charge in [0, 0.05) is 36.0 Å². The van der Waals surface area contributed by atoms with Gasteiger partial charge in [0.2, 0.25) is 5.91 Å². The quantitative estimate of drug-likeness (QED) is 0.219. The zero-order valence-electron chi connectivity index (χ0n) is 21.9. The van der Waals surface area contributed by atoms with Crippen LogP contribution in [0.4, 0.5) is 4.79 Å². The van der Waals surface area contributed by atoms with E-state index < -0.39 is 11.6 Å². The van der Waals surface area contributed by atoms with Gasteiger partial charge in [0.05, 0.1) is 12.6 Å². The maximum absolute atomic E-state index is 13.9. The van der Waals surface area contributed by atoms with Gasteiger partial charge in [0.15, 0.2) is 6.61 Å². The van der Waals surface area contributed by atoms with E-state index >= 15 is 0 Å². The normalized spacial score (nSPS) is 13.6. The van der Waals surface area contributed by atoms with Crippen LogP contribution in [0.5, 0.6) is 0 Å². The molecule has 0 unspecified atom stereocenters. The van der Waals surface area contributed by atoms with Crippen LogP contribution in [0.2, 0.25) is 0 Å².